The largest absolute Gasteiger partial charge is 0.493 e. The fraction of sp³-hybridized carbons (Fsp3) is 0.111. The molecule has 1 aromatic heterocycles. The summed E-state index contributed by atoms with van der Waals surface area (Å²) in [4.78, 5) is 17.0. The zero-order chi connectivity index (χ0) is 14.7. The number of fused-ring (bicyclic) bond motifs is 1. The van der Waals surface area contributed by atoms with Crippen LogP contribution in [0.3, 0.4) is 0 Å². The summed E-state index contributed by atoms with van der Waals surface area (Å²) in [7, 11) is 0. The second-order valence-corrected chi connectivity index (χ2v) is 4.66. The van der Waals surface area contributed by atoms with Gasteiger partial charge in [-0.1, -0.05) is 30.3 Å². The van der Waals surface area contributed by atoms with E-state index in [0.29, 0.717) is 23.5 Å². The third-order valence-corrected chi connectivity index (χ3v) is 3.36. The minimum absolute atomic E-state index is 0.0316. The van der Waals surface area contributed by atoms with Crippen molar-refractivity contribution in [1.29, 1.82) is 0 Å². The molecule has 0 radical (unpaired) electrons. The molecule has 3 aromatic rings. The summed E-state index contributed by atoms with van der Waals surface area (Å²) < 4.78 is 5.56. The number of carbonyl (C=O) groups excluding carboxylic acids is 1. The molecular weight excluding hydrogens is 262 g/mol. The van der Waals surface area contributed by atoms with Gasteiger partial charge in [0.25, 0.3) is 0 Å². The van der Waals surface area contributed by atoms with Gasteiger partial charge in [-0.15, -0.1) is 0 Å². The van der Waals surface area contributed by atoms with Crippen LogP contribution in [0.25, 0.3) is 10.8 Å². The minimum Gasteiger partial charge on any atom is -0.493 e. The van der Waals surface area contributed by atoms with E-state index in [9.17, 15) is 4.79 Å². The predicted octanol–water partition coefficient (Wildman–Crippen LogP) is 3.86. The second kappa shape index (κ2) is 5.75. The highest BCUT2D eigenvalue weighted by atomic mass is 16.5. The van der Waals surface area contributed by atoms with E-state index >= 15 is 0 Å². The van der Waals surface area contributed by atoms with Gasteiger partial charge >= 0.3 is 0 Å². The van der Waals surface area contributed by atoms with Crippen molar-refractivity contribution in [3.8, 4) is 5.75 Å². The number of carbonyl (C=O) groups is 1. The molecule has 0 atom stereocenters. The van der Waals surface area contributed by atoms with Crippen LogP contribution in [0, 0.1) is 0 Å². The quantitative estimate of drug-likeness (QED) is 0.680. The van der Waals surface area contributed by atoms with E-state index in [1.54, 1.807) is 18.5 Å². The lowest BCUT2D eigenvalue weighted by molar-refractivity contribution is 0.103. The Balaban J connectivity index is 2.13. The number of rotatable bonds is 4. The van der Waals surface area contributed by atoms with E-state index in [-0.39, 0.29) is 5.78 Å². The Labute approximate surface area is 123 Å². The maximum absolute atomic E-state index is 12.9. The Kier molecular flexibility index (Phi) is 3.65. The summed E-state index contributed by atoms with van der Waals surface area (Å²) in [6, 6.07) is 14.9. The number of para-hydroxylation sites is 1. The van der Waals surface area contributed by atoms with Gasteiger partial charge in [0.05, 0.1) is 12.2 Å². The van der Waals surface area contributed by atoms with E-state index < -0.39 is 0 Å². The number of aromatic nitrogens is 1. The van der Waals surface area contributed by atoms with Crippen molar-refractivity contribution in [3.05, 3.63) is 72.1 Å². The van der Waals surface area contributed by atoms with Gasteiger partial charge in [0.1, 0.15) is 5.75 Å². The lowest BCUT2D eigenvalue weighted by Gasteiger charge is -2.10. The molecule has 0 N–H and O–H groups in total. The van der Waals surface area contributed by atoms with Crippen molar-refractivity contribution in [2.45, 2.75) is 6.92 Å². The van der Waals surface area contributed by atoms with Crippen LogP contribution in [0.4, 0.5) is 0 Å². The molecule has 3 rings (SSSR count). The molecule has 1 heterocycles. The van der Waals surface area contributed by atoms with Crippen molar-refractivity contribution in [3.63, 3.8) is 0 Å². The van der Waals surface area contributed by atoms with E-state index in [0.717, 1.165) is 10.8 Å². The van der Waals surface area contributed by atoms with Crippen LogP contribution in [0.15, 0.2) is 60.9 Å². The average Bonchev–Trinajstić information content (AvgIpc) is 2.54. The number of hydrogen-bond donors (Lipinski definition) is 0. The monoisotopic (exact) mass is 277 g/mol. The number of hydrogen-bond acceptors (Lipinski definition) is 3. The van der Waals surface area contributed by atoms with Gasteiger partial charge in [-0.2, -0.15) is 0 Å². The molecule has 0 fully saturated rings. The molecule has 104 valence electrons. The molecule has 0 saturated heterocycles. The van der Waals surface area contributed by atoms with Crippen LogP contribution >= 0.6 is 0 Å². The normalized spacial score (nSPS) is 10.5. The van der Waals surface area contributed by atoms with Gasteiger partial charge in [-0.3, -0.25) is 9.78 Å². The number of pyridine rings is 1. The van der Waals surface area contributed by atoms with E-state index in [4.69, 9.17) is 4.74 Å². The summed E-state index contributed by atoms with van der Waals surface area (Å²) in [6.45, 7) is 2.44. The summed E-state index contributed by atoms with van der Waals surface area (Å²) in [6.07, 6.45) is 3.47. The Morgan fingerprint density at radius 1 is 1.05 bits per heavy atom. The molecule has 0 aliphatic carbocycles. The lowest BCUT2D eigenvalue weighted by atomic mass is 9.98. The van der Waals surface area contributed by atoms with Gasteiger partial charge in [-0.05, 0) is 30.5 Å². The van der Waals surface area contributed by atoms with Crippen LogP contribution in [0.2, 0.25) is 0 Å². The van der Waals surface area contributed by atoms with Crippen molar-refractivity contribution in [2.75, 3.05) is 6.61 Å². The van der Waals surface area contributed by atoms with E-state index in [2.05, 4.69) is 4.98 Å². The molecule has 0 saturated carbocycles. The van der Waals surface area contributed by atoms with Gasteiger partial charge < -0.3 is 4.74 Å². The molecule has 0 unspecified atom stereocenters. The number of nitrogens with zero attached hydrogens (tertiary/aromatic N) is 1. The van der Waals surface area contributed by atoms with Gasteiger partial charge in [-0.25, -0.2) is 0 Å². The first kappa shape index (κ1) is 13.3. The summed E-state index contributed by atoms with van der Waals surface area (Å²) in [5.41, 5.74) is 1.26. The predicted molar refractivity (Wildman–Crippen MR) is 82.8 cm³/mol. The molecule has 0 aliphatic heterocycles. The standard InChI is InChI=1S/C18H15NO2/c1-2-21-17-9-4-3-7-16(17)18(20)15-8-5-6-13-12-19-11-10-14(13)15/h3-12H,2H2,1H3. The Bertz CT molecular complexity index is 791. The maximum atomic E-state index is 12.9. The average molecular weight is 277 g/mol. The highest BCUT2D eigenvalue weighted by Crippen LogP contribution is 2.25. The highest BCUT2D eigenvalue weighted by molar-refractivity contribution is 6.17. The molecule has 0 aliphatic rings. The molecule has 21 heavy (non-hydrogen) atoms. The summed E-state index contributed by atoms with van der Waals surface area (Å²) in [5.74, 6) is 0.590. The zero-order valence-electron chi connectivity index (χ0n) is 11.7. The van der Waals surface area contributed by atoms with E-state index in [1.165, 1.54) is 0 Å². The number of ketones is 1. The van der Waals surface area contributed by atoms with Crippen molar-refractivity contribution in [2.24, 2.45) is 0 Å². The van der Waals surface area contributed by atoms with Crippen LogP contribution in [-0.2, 0) is 0 Å². The zero-order valence-corrected chi connectivity index (χ0v) is 11.7. The molecule has 0 bridgehead atoms. The first-order valence-electron chi connectivity index (χ1n) is 6.90. The van der Waals surface area contributed by atoms with Gasteiger partial charge in [0.15, 0.2) is 5.78 Å². The fourth-order valence-corrected chi connectivity index (χ4v) is 2.40. The van der Waals surface area contributed by atoms with Crippen LogP contribution in [0.1, 0.15) is 22.8 Å². The highest BCUT2D eigenvalue weighted by Gasteiger charge is 2.16. The first-order valence-corrected chi connectivity index (χ1v) is 6.90. The third-order valence-electron chi connectivity index (χ3n) is 3.36. The first-order chi connectivity index (χ1) is 10.3. The lowest BCUT2D eigenvalue weighted by Crippen LogP contribution is -2.06. The maximum Gasteiger partial charge on any atom is 0.197 e. The molecule has 0 spiro atoms. The Morgan fingerprint density at radius 3 is 2.71 bits per heavy atom. The topological polar surface area (TPSA) is 39.2 Å². The smallest absolute Gasteiger partial charge is 0.197 e. The van der Waals surface area contributed by atoms with Crippen LogP contribution < -0.4 is 4.74 Å². The summed E-state index contributed by atoms with van der Waals surface area (Å²) in [5, 5.41) is 1.86. The van der Waals surface area contributed by atoms with Gasteiger partial charge in [0, 0.05) is 23.3 Å². The van der Waals surface area contributed by atoms with Crippen molar-refractivity contribution < 1.29 is 9.53 Å². The number of ether oxygens (including phenoxy) is 1. The van der Waals surface area contributed by atoms with Crippen LogP contribution in [-0.4, -0.2) is 17.4 Å². The van der Waals surface area contributed by atoms with Crippen molar-refractivity contribution >= 4 is 16.6 Å². The second-order valence-electron chi connectivity index (χ2n) is 4.66. The fourth-order valence-electron chi connectivity index (χ4n) is 2.40. The molecule has 3 heteroatoms. The number of benzene rings is 2. The van der Waals surface area contributed by atoms with E-state index in [1.807, 2.05) is 49.4 Å². The SMILES string of the molecule is CCOc1ccccc1C(=O)c1cccc2cnccc12. The van der Waals surface area contributed by atoms with Crippen molar-refractivity contribution in [1.82, 2.24) is 4.98 Å². The van der Waals surface area contributed by atoms with Crippen LogP contribution in [0.5, 0.6) is 5.75 Å². The molecule has 3 nitrogen and oxygen atoms in total. The molecule has 0 amide bonds. The Morgan fingerprint density at radius 2 is 1.86 bits per heavy atom. The Hall–Kier alpha value is -2.68. The minimum atomic E-state index is -0.0316. The third kappa shape index (κ3) is 2.50. The molecule has 2 aromatic carbocycles. The molecular formula is C18H15NO2. The van der Waals surface area contributed by atoms with Gasteiger partial charge in [0.2, 0.25) is 0 Å². The summed E-state index contributed by atoms with van der Waals surface area (Å²) >= 11 is 0.